The van der Waals surface area contributed by atoms with Gasteiger partial charge in [0.1, 0.15) is 0 Å². The van der Waals surface area contributed by atoms with E-state index in [2.05, 4.69) is 9.71 Å². The molecule has 2 rings (SSSR count). The van der Waals surface area contributed by atoms with Gasteiger partial charge in [0.2, 0.25) is 0 Å². The minimum absolute atomic E-state index is 0.0396. The number of hydrogen-bond acceptors (Lipinski definition) is 5. The topological polar surface area (TPSA) is 120 Å². The standard InChI is InChI=1S/C13H9N3O4S/c14-6-9-1-3-12(4-2-9)21(19,20)16-11-5-10(13(17)18)7-15-8-11/h1-5,7-8,16H,(H,17,18). The molecule has 0 saturated carbocycles. The summed E-state index contributed by atoms with van der Waals surface area (Å²) in [6, 6.07) is 8.37. The summed E-state index contributed by atoms with van der Waals surface area (Å²) in [6.45, 7) is 0. The zero-order valence-corrected chi connectivity index (χ0v) is 11.3. The van der Waals surface area contributed by atoms with Gasteiger partial charge >= 0.3 is 5.97 Å². The van der Waals surface area contributed by atoms with Gasteiger partial charge in [-0.3, -0.25) is 9.71 Å². The van der Waals surface area contributed by atoms with Crippen molar-refractivity contribution in [1.29, 1.82) is 5.26 Å². The van der Waals surface area contributed by atoms with Crippen LogP contribution in [0.15, 0.2) is 47.6 Å². The van der Waals surface area contributed by atoms with Crippen molar-refractivity contribution in [3.63, 3.8) is 0 Å². The molecular weight excluding hydrogens is 294 g/mol. The summed E-state index contributed by atoms with van der Waals surface area (Å²) in [5.41, 5.74) is 0.248. The lowest BCUT2D eigenvalue weighted by Gasteiger charge is -2.08. The van der Waals surface area contributed by atoms with Crippen molar-refractivity contribution in [2.24, 2.45) is 0 Å². The van der Waals surface area contributed by atoms with E-state index in [9.17, 15) is 13.2 Å². The second kappa shape index (κ2) is 5.60. The van der Waals surface area contributed by atoms with Crippen LogP contribution in [0.3, 0.4) is 0 Å². The third-order valence-corrected chi connectivity index (χ3v) is 3.93. The number of carboxylic acid groups (broad SMARTS) is 1. The van der Waals surface area contributed by atoms with E-state index in [1.165, 1.54) is 30.5 Å². The molecule has 0 fully saturated rings. The molecule has 0 aliphatic heterocycles. The molecule has 0 bridgehead atoms. The van der Waals surface area contributed by atoms with Gasteiger partial charge in [0.15, 0.2) is 0 Å². The molecular formula is C13H9N3O4S. The zero-order chi connectivity index (χ0) is 15.5. The smallest absolute Gasteiger partial charge is 0.337 e. The third-order valence-electron chi connectivity index (χ3n) is 2.53. The minimum atomic E-state index is -3.87. The summed E-state index contributed by atoms with van der Waals surface area (Å²) in [4.78, 5) is 14.4. The van der Waals surface area contributed by atoms with Gasteiger partial charge in [0.05, 0.1) is 34.0 Å². The second-order valence-electron chi connectivity index (χ2n) is 4.01. The largest absolute Gasteiger partial charge is 0.478 e. The van der Waals surface area contributed by atoms with Crippen LogP contribution in [0.2, 0.25) is 0 Å². The fourth-order valence-electron chi connectivity index (χ4n) is 1.54. The van der Waals surface area contributed by atoms with Crippen molar-refractivity contribution in [3.8, 4) is 6.07 Å². The Kier molecular flexibility index (Phi) is 3.86. The Morgan fingerprint density at radius 3 is 2.48 bits per heavy atom. The molecule has 0 aliphatic carbocycles. The number of nitrogens with zero attached hydrogens (tertiary/aromatic N) is 2. The van der Waals surface area contributed by atoms with E-state index < -0.39 is 16.0 Å². The average molecular weight is 303 g/mol. The minimum Gasteiger partial charge on any atom is -0.478 e. The molecule has 106 valence electrons. The molecule has 0 atom stereocenters. The Morgan fingerprint density at radius 2 is 1.90 bits per heavy atom. The number of aromatic carboxylic acids is 1. The van der Waals surface area contributed by atoms with Crippen molar-refractivity contribution in [2.45, 2.75) is 4.90 Å². The van der Waals surface area contributed by atoms with E-state index in [0.717, 1.165) is 12.3 Å². The molecule has 1 aromatic heterocycles. The van der Waals surface area contributed by atoms with Crippen molar-refractivity contribution in [1.82, 2.24) is 4.98 Å². The highest BCUT2D eigenvalue weighted by Gasteiger charge is 2.15. The number of anilines is 1. The molecule has 1 heterocycles. The first-order chi connectivity index (χ1) is 9.92. The SMILES string of the molecule is N#Cc1ccc(S(=O)(=O)Nc2cncc(C(=O)O)c2)cc1. The molecule has 0 radical (unpaired) electrons. The molecule has 0 saturated heterocycles. The van der Waals surface area contributed by atoms with Gasteiger partial charge in [0.25, 0.3) is 10.0 Å². The summed E-state index contributed by atoms with van der Waals surface area (Å²) in [6.07, 6.45) is 2.31. The van der Waals surface area contributed by atoms with Crippen molar-refractivity contribution >= 4 is 21.7 Å². The van der Waals surface area contributed by atoms with Crippen LogP contribution in [0.25, 0.3) is 0 Å². The lowest BCUT2D eigenvalue weighted by atomic mass is 10.2. The van der Waals surface area contributed by atoms with Crippen molar-refractivity contribution in [3.05, 3.63) is 53.9 Å². The highest BCUT2D eigenvalue weighted by atomic mass is 32.2. The van der Waals surface area contributed by atoms with Crippen molar-refractivity contribution < 1.29 is 18.3 Å². The number of hydrogen-bond donors (Lipinski definition) is 2. The molecule has 0 amide bonds. The third kappa shape index (κ3) is 3.34. The quantitative estimate of drug-likeness (QED) is 0.882. The van der Waals surface area contributed by atoms with Crippen LogP contribution >= 0.6 is 0 Å². The van der Waals surface area contributed by atoms with E-state index in [4.69, 9.17) is 10.4 Å². The Hall–Kier alpha value is -2.92. The number of nitrogens with one attached hydrogen (secondary N) is 1. The summed E-state index contributed by atoms with van der Waals surface area (Å²) < 4.78 is 26.5. The van der Waals surface area contributed by atoms with Crippen LogP contribution in [-0.2, 0) is 10.0 Å². The fourth-order valence-corrected chi connectivity index (χ4v) is 2.57. The van der Waals surface area contributed by atoms with Gasteiger partial charge in [-0.15, -0.1) is 0 Å². The van der Waals surface area contributed by atoms with E-state index in [0.29, 0.717) is 5.56 Å². The molecule has 0 aliphatic rings. The maximum atomic E-state index is 12.1. The maximum absolute atomic E-state index is 12.1. The van der Waals surface area contributed by atoms with Crippen LogP contribution in [0.4, 0.5) is 5.69 Å². The number of carbonyl (C=O) groups is 1. The Bertz CT molecular complexity index is 823. The monoisotopic (exact) mass is 303 g/mol. The van der Waals surface area contributed by atoms with Gasteiger partial charge in [-0.25, -0.2) is 13.2 Å². The molecule has 8 heteroatoms. The van der Waals surface area contributed by atoms with Crippen LogP contribution in [0, 0.1) is 11.3 Å². The van der Waals surface area contributed by atoms with E-state index in [1.54, 1.807) is 0 Å². The first-order valence-electron chi connectivity index (χ1n) is 5.64. The molecule has 7 nitrogen and oxygen atoms in total. The molecule has 2 N–H and O–H groups in total. The Morgan fingerprint density at radius 1 is 1.24 bits per heavy atom. The average Bonchev–Trinajstić information content (AvgIpc) is 2.47. The Balaban J connectivity index is 2.30. The Labute approximate surface area is 120 Å². The van der Waals surface area contributed by atoms with Gasteiger partial charge < -0.3 is 5.11 Å². The summed E-state index contributed by atoms with van der Waals surface area (Å²) in [7, 11) is -3.87. The highest BCUT2D eigenvalue weighted by Crippen LogP contribution is 2.16. The number of rotatable bonds is 4. The van der Waals surface area contributed by atoms with Crippen LogP contribution in [-0.4, -0.2) is 24.5 Å². The van der Waals surface area contributed by atoms with E-state index >= 15 is 0 Å². The van der Waals surface area contributed by atoms with Crippen molar-refractivity contribution in [2.75, 3.05) is 4.72 Å². The van der Waals surface area contributed by atoms with Gasteiger partial charge in [-0.2, -0.15) is 5.26 Å². The lowest BCUT2D eigenvalue weighted by molar-refractivity contribution is 0.0696. The first kappa shape index (κ1) is 14.5. The number of carboxylic acids is 1. The predicted octanol–water partition coefficient (Wildman–Crippen LogP) is 1.45. The summed E-state index contributed by atoms with van der Waals surface area (Å²) in [5, 5.41) is 17.5. The molecule has 0 unspecified atom stereocenters. The lowest BCUT2D eigenvalue weighted by Crippen LogP contribution is -2.13. The molecule has 21 heavy (non-hydrogen) atoms. The maximum Gasteiger partial charge on any atom is 0.337 e. The molecule has 2 aromatic rings. The zero-order valence-electron chi connectivity index (χ0n) is 10.5. The number of aromatic nitrogens is 1. The summed E-state index contributed by atoms with van der Waals surface area (Å²) in [5.74, 6) is -1.21. The first-order valence-corrected chi connectivity index (χ1v) is 7.12. The molecule has 1 aromatic carbocycles. The molecule has 0 spiro atoms. The predicted molar refractivity (Wildman–Crippen MR) is 73.2 cm³/mol. The van der Waals surface area contributed by atoms with Gasteiger partial charge in [-0.1, -0.05) is 0 Å². The number of nitriles is 1. The highest BCUT2D eigenvalue weighted by molar-refractivity contribution is 7.92. The summed E-state index contributed by atoms with van der Waals surface area (Å²) >= 11 is 0. The van der Waals surface area contributed by atoms with Crippen LogP contribution in [0.1, 0.15) is 15.9 Å². The van der Waals surface area contributed by atoms with Crippen LogP contribution in [0.5, 0.6) is 0 Å². The number of sulfonamides is 1. The van der Waals surface area contributed by atoms with E-state index in [-0.39, 0.29) is 16.1 Å². The van der Waals surface area contributed by atoms with Gasteiger partial charge in [-0.05, 0) is 30.3 Å². The van der Waals surface area contributed by atoms with E-state index in [1.807, 2.05) is 6.07 Å². The number of benzene rings is 1. The normalized spacial score (nSPS) is 10.6. The number of pyridine rings is 1. The van der Waals surface area contributed by atoms with Crippen LogP contribution < -0.4 is 4.72 Å². The second-order valence-corrected chi connectivity index (χ2v) is 5.69. The van der Waals surface area contributed by atoms with Gasteiger partial charge in [0, 0.05) is 6.20 Å². The fraction of sp³-hybridized carbons (Fsp3) is 0.